The molecule has 0 atom stereocenters. The van der Waals surface area contributed by atoms with Crippen LogP contribution in [0.5, 0.6) is 0 Å². The van der Waals surface area contributed by atoms with Crippen LogP contribution >= 0.6 is 11.6 Å². The van der Waals surface area contributed by atoms with Crippen molar-refractivity contribution in [1.82, 2.24) is 34.3 Å². The smallest absolute Gasteiger partial charge is 0.372 e. The largest absolute Gasteiger partial charge is 0.416 e. The van der Waals surface area contributed by atoms with E-state index in [9.17, 15) is 27.6 Å². The van der Waals surface area contributed by atoms with Crippen LogP contribution in [-0.2, 0) is 34.5 Å². The van der Waals surface area contributed by atoms with Gasteiger partial charge in [0.15, 0.2) is 5.82 Å². The minimum Gasteiger partial charge on any atom is -0.372 e. The molecule has 13 nitrogen and oxygen atoms in total. The van der Waals surface area contributed by atoms with Gasteiger partial charge in [-0.05, 0) is 81.1 Å². The van der Waals surface area contributed by atoms with E-state index in [1.54, 1.807) is 15.5 Å². The van der Waals surface area contributed by atoms with Crippen LogP contribution in [0.25, 0.3) is 17.2 Å². The molecule has 3 aliphatic heterocycles. The van der Waals surface area contributed by atoms with Gasteiger partial charge in [-0.1, -0.05) is 11.6 Å². The molecule has 1 spiro atoms. The number of nitrogens with one attached hydrogen (secondary N) is 2. The standard InChI is InChI=1S/C35H33ClF3N9O4/c1-20-16-26(43-42-20)31(50)46-14-10-34(11-15-46)29-27(19-52-34)47(18-28(49)40-25-9-6-22(17-24(25)36)35(37,38)39)33-41-30(44-48(33)32(29)51)21-4-7-23(8-5-21)45-12-2-3-13-45/h4-9,16-17H,2-3,10-15,18-19H2,1H3,(H,40,49)(H,42,43). The van der Waals surface area contributed by atoms with Crippen LogP contribution < -0.4 is 15.8 Å². The molecular formula is C35H33ClF3N9O4. The number of halogens is 4. The third-order valence-electron chi connectivity index (χ3n) is 10.0. The Morgan fingerprint density at radius 1 is 1.04 bits per heavy atom. The number of H-pyrrole nitrogens is 1. The van der Waals surface area contributed by atoms with Crippen LogP contribution in [0.4, 0.5) is 24.5 Å². The van der Waals surface area contributed by atoms with Gasteiger partial charge in [0.05, 0.1) is 34.1 Å². The first-order chi connectivity index (χ1) is 24.9. The van der Waals surface area contributed by atoms with Crippen molar-refractivity contribution in [3.63, 3.8) is 0 Å². The van der Waals surface area contributed by atoms with E-state index in [0.717, 1.165) is 55.5 Å². The highest BCUT2D eigenvalue weighted by Gasteiger charge is 2.48. The van der Waals surface area contributed by atoms with Gasteiger partial charge in [-0.15, -0.1) is 5.10 Å². The Balaban J connectivity index is 1.15. The maximum atomic E-state index is 14.3. The third kappa shape index (κ3) is 5.98. The summed E-state index contributed by atoms with van der Waals surface area (Å²) >= 11 is 6.14. The zero-order valence-corrected chi connectivity index (χ0v) is 28.7. The first kappa shape index (κ1) is 33.9. The van der Waals surface area contributed by atoms with Crippen LogP contribution in [-0.4, -0.2) is 72.3 Å². The second kappa shape index (κ2) is 12.8. The maximum absolute atomic E-state index is 14.3. The van der Waals surface area contributed by atoms with Crippen molar-refractivity contribution in [3.8, 4) is 11.4 Å². The van der Waals surface area contributed by atoms with E-state index in [1.165, 1.54) is 4.52 Å². The average molecular weight is 736 g/mol. The molecule has 2 N–H and O–H groups in total. The number of carbonyl (C=O) groups is 2. The molecule has 2 saturated heterocycles. The van der Waals surface area contributed by atoms with Crippen molar-refractivity contribution >= 4 is 40.6 Å². The van der Waals surface area contributed by atoms with Crippen molar-refractivity contribution in [3.05, 3.63) is 92.1 Å². The fraction of sp³-hybridized carbons (Fsp3) is 0.371. The summed E-state index contributed by atoms with van der Waals surface area (Å²) in [7, 11) is 0. The van der Waals surface area contributed by atoms with Gasteiger partial charge in [-0.3, -0.25) is 19.5 Å². The molecular weight excluding hydrogens is 703 g/mol. The molecule has 3 aliphatic rings. The summed E-state index contributed by atoms with van der Waals surface area (Å²) in [6.45, 7) is 3.96. The molecule has 5 aromatic rings. The van der Waals surface area contributed by atoms with Crippen LogP contribution in [0, 0.1) is 6.92 Å². The fourth-order valence-electron chi connectivity index (χ4n) is 7.35. The Kier molecular flexibility index (Phi) is 8.33. The number of hydrogen-bond acceptors (Lipinski definition) is 8. The zero-order valence-electron chi connectivity index (χ0n) is 28.0. The topological polar surface area (TPSA) is 143 Å². The van der Waals surface area contributed by atoms with Gasteiger partial charge < -0.3 is 24.4 Å². The summed E-state index contributed by atoms with van der Waals surface area (Å²) in [4.78, 5) is 49.7. The Morgan fingerprint density at radius 3 is 2.42 bits per heavy atom. The van der Waals surface area contributed by atoms with Crippen LogP contribution in [0.1, 0.15) is 58.7 Å². The van der Waals surface area contributed by atoms with Crippen molar-refractivity contribution in [1.29, 1.82) is 0 Å². The summed E-state index contributed by atoms with van der Waals surface area (Å²) < 4.78 is 48.8. The highest BCUT2D eigenvalue weighted by molar-refractivity contribution is 6.33. The van der Waals surface area contributed by atoms with Gasteiger partial charge in [0.1, 0.15) is 17.8 Å². The van der Waals surface area contributed by atoms with Gasteiger partial charge in [0, 0.05) is 43.1 Å². The molecule has 0 saturated carbocycles. The second-order valence-corrected chi connectivity index (χ2v) is 13.8. The number of piperidine rings is 1. The SMILES string of the molecule is Cc1cc(C(=O)N2CCC3(CC2)OCc2c3c(=O)n3nc(-c4ccc(N5CCCC5)cc4)nc3n2CC(=O)Nc2ccc(C(F)(F)F)cc2Cl)n[nH]1. The second-order valence-electron chi connectivity index (χ2n) is 13.4. The monoisotopic (exact) mass is 735 g/mol. The number of anilines is 2. The van der Waals surface area contributed by atoms with E-state index in [2.05, 4.69) is 25.5 Å². The van der Waals surface area contributed by atoms with Crippen molar-refractivity contribution in [2.24, 2.45) is 0 Å². The number of rotatable bonds is 6. The Morgan fingerprint density at radius 2 is 1.77 bits per heavy atom. The highest BCUT2D eigenvalue weighted by Crippen LogP contribution is 2.43. The zero-order chi connectivity index (χ0) is 36.4. The molecule has 0 radical (unpaired) electrons. The predicted molar refractivity (Wildman–Crippen MR) is 184 cm³/mol. The van der Waals surface area contributed by atoms with E-state index in [1.807, 2.05) is 31.2 Å². The van der Waals surface area contributed by atoms with Crippen molar-refractivity contribution < 1.29 is 27.5 Å². The number of aromatic amines is 1. The number of likely N-dealkylation sites (tertiary alicyclic amines) is 1. The number of benzene rings is 2. The molecule has 0 bridgehead atoms. The third-order valence-corrected chi connectivity index (χ3v) is 10.4. The van der Waals surface area contributed by atoms with Gasteiger partial charge >= 0.3 is 6.18 Å². The molecule has 2 aromatic carbocycles. The van der Waals surface area contributed by atoms with Crippen LogP contribution in [0.2, 0.25) is 5.02 Å². The van der Waals surface area contributed by atoms with Crippen LogP contribution in [0.3, 0.4) is 0 Å². The van der Waals surface area contributed by atoms with Crippen LogP contribution in [0.15, 0.2) is 53.3 Å². The molecule has 52 heavy (non-hydrogen) atoms. The van der Waals surface area contributed by atoms with E-state index in [-0.39, 0.29) is 41.4 Å². The van der Waals surface area contributed by atoms with Crippen molar-refractivity contribution in [2.45, 2.75) is 57.5 Å². The van der Waals surface area contributed by atoms with Gasteiger partial charge in [0.2, 0.25) is 11.7 Å². The minimum absolute atomic E-state index is 0.00880. The van der Waals surface area contributed by atoms with Gasteiger partial charge in [0.25, 0.3) is 11.5 Å². The number of alkyl halides is 3. The molecule has 270 valence electrons. The number of hydrogen-bond donors (Lipinski definition) is 2. The van der Waals surface area contributed by atoms with E-state index < -0.39 is 28.8 Å². The molecule has 0 aliphatic carbocycles. The first-order valence-electron chi connectivity index (χ1n) is 16.9. The van der Waals surface area contributed by atoms with E-state index in [4.69, 9.17) is 21.3 Å². The van der Waals surface area contributed by atoms with Crippen molar-refractivity contribution in [2.75, 3.05) is 36.4 Å². The Bertz CT molecular complexity index is 2270. The molecule has 6 heterocycles. The van der Waals surface area contributed by atoms with E-state index >= 15 is 0 Å². The number of carbonyl (C=O) groups excluding carboxylic acids is 2. The summed E-state index contributed by atoms with van der Waals surface area (Å²) in [6, 6.07) is 12.1. The lowest BCUT2D eigenvalue weighted by molar-refractivity contribution is -0.137. The number of ether oxygens (including phenoxy) is 1. The number of fused-ring (bicyclic) bond motifs is 3. The highest BCUT2D eigenvalue weighted by atomic mass is 35.5. The molecule has 17 heteroatoms. The first-order valence-corrected chi connectivity index (χ1v) is 17.3. The summed E-state index contributed by atoms with van der Waals surface area (Å²) in [5, 5.41) is 13.8. The Labute approximate surface area is 299 Å². The molecule has 0 unspecified atom stereocenters. The number of amides is 2. The fourth-order valence-corrected chi connectivity index (χ4v) is 7.58. The molecule has 3 aromatic heterocycles. The summed E-state index contributed by atoms with van der Waals surface area (Å²) in [5.41, 5.74) is 1.10. The Hall–Kier alpha value is -5.22. The van der Waals surface area contributed by atoms with Gasteiger partial charge in [-0.25, -0.2) is 0 Å². The lowest BCUT2D eigenvalue weighted by Crippen LogP contribution is -2.47. The molecule has 2 amide bonds. The lowest BCUT2D eigenvalue weighted by Gasteiger charge is -2.38. The van der Waals surface area contributed by atoms with Gasteiger partial charge in [-0.2, -0.15) is 27.8 Å². The number of aryl methyl sites for hydroxylation is 1. The molecule has 2 fully saturated rings. The maximum Gasteiger partial charge on any atom is 0.416 e. The lowest BCUT2D eigenvalue weighted by atomic mass is 9.85. The average Bonchev–Trinajstić information content (AvgIpc) is 3.95. The summed E-state index contributed by atoms with van der Waals surface area (Å²) in [6.07, 6.45) is -1.72. The number of aromatic nitrogens is 6. The minimum atomic E-state index is -4.61. The summed E-state index contributed by atoms with van der Waals surface area (Å²) in [5.74, 6) is -0.485. The normalized spacial score (nSPS) is 16.9. The quantitative estimate of drug-likeness (QED) is 0.244. The predicted octanol–water partition coefficient (Wildman–Crippen LogP) is 5.16. The number of nitrogens with zero attached hydrogens (tertiary/aromatic N) is 7. The van der Waals surface area contributed by atoms with E-state index in [0.29, 0.717) is 48.4 Å². The molecule has 8 rings (SSSR count).